The number of methoxy groups -OCH3 is 1. The fourth-order valence-electron chi connectivity index (χ4n) is 8.57. The number of hydrogen-bond donors (Lipinski definition) is 2. The fourth-order valence-corrected chi connectivity index (χ4v) is 8.57. The van der Waals surface area contributed by atoms with Crippen LogP contribution in [0, 0.1) is 11.8 Å². The van der Waals surface area contributed by atoms with Crippen molar-refractivity contribution < 1.29 is 42.7 Å². The van der Waals surface area contributed by atoms with E-state index >= 15 is 0 Å². The van der Waals surface area contributed by atoms with Crippen LogP contribution in [0.4, 0.5) is 23.7 Å². The molecule has 2 aliphatic carbocycles. The molecule has 11 heteroatoms. The summed E-state index contributed by atoms with van der Waals surface area (Å²) in [5.74, 6) is -1.50. The molecule has 3 fully saturated rings. The lowest BCUT2D eigenvalue weighted by Gasteiger charge is -2.47. The molecule has 6 rings (SSSR count). The molecule has 0 unspecified atom stereocenters. The van der Waals surface area contributed by atoms with E-state index in [0.717, 1.165) is 57.4 Å². The summed E-state index contributed by atoms with van der Waals surface area (Å²) in [6.07, 6.45) is 5.92. The van der Waals surface area contributed by atoms with Gasteiger partial charge < -0.3 is 24.9 Å². The molecule has 2 heterocycles. The topological polar surface area (TPSA) is 115 Å². The Bertz CT molecular complexity index is 1380. The molecular weight excluding hydrogens is 599 g/mol. The number of halogens is 3. The van der Waals surface area contributed by atoms with Gasteiger partial charge in [-0.1, -0.05) is 61.7 Å². The van der Waals surface area contributed by atoms with E-state index in [4.69, 9.17) is 14.6 Å². The van der Waals surface area contributed by atoms with E-state index in [0.29, 0.717) is 23.8 Å². The number of aliphatic carboxylic acids is 1. The lowest BCUT2D eigenvalue weighted by Crippen LogP contribution is -2.82. The number of ether oxygens (including phenoxy) is 1. The number of benzene rings is 2. The van der Waals surface area contributed by atoms with Crippen molar-refractivity contribution in [3.63, 3.8) is 0 Å². The molecule has 4 atom stereocenters. The van der Waals surface area contributed by atoms with Gasteiger partial charge in [0.2, 0.25) is 5.91 Å². The van der Waals surface area contributed by atoms with Crippen molar-refractivity contribution in [2.75, 3.05) is 32.1 Å². The van der Waals surface area contributed by atoms with Gasteiger partial charge in [0.15, 0.2) is 0 Å². The summed E-state index contributed by atoms with van der Waals surface area (Å²) in [7, 11) is 1.40. The van der Waals surface area contributed by atoms with E-state index in [1.165, 1.54) is 55.9 Å². The Morgan fingerprint density at radius 1 is 1.00 bits per heavy atom. The maximum atomic E-state index is 14.7. The number of carbonyl (C=O) groups is 3. The quantitative estimate of drug-likeness (QED) is 0.516. The molecule has 2 aromatic rings. The second-order valence-electron chi connectivity index (χ2n) is 13.2. The van der Waals surface area contributed by atoms with Gasteiger partial charge in [-0.3, -0.25) is 10.1 Å². The molecule has 1 spiro atoms. The average Bonchev–Trinajstić information content (AvgIpc) is 3.49. The average molecular weight is 644 g/mol. The van der Waals surface area contributed by atoms with Crippen molar-refractivity contribution in [1.29, 1.82) is 0 Å². The zero-order valence-corrected chi connectivity index (χ0v) is 26.3. The molecule has 0 bridgehead atoms. The number of carbonyl (C=O) groups excluding carboxylic acids is 3. The number of carboxylic acid groups (broad SMARTS) is 1. The summed E-state index contributed by atoms with van der Waals surface area (Å²) in [6.45, 7) is 2.65. The molecule has 1 saturated carbocycles. The van der Waals surface area contributed by atoms with Crippen LogP contribution in [-0.4, -0.2) is 61.8 Å². The summed E-state index contributed by atoms with van der Waals surface area (Å²) in [5, 5.41) is 14.1. The molecule has 2 aromatic carbocycles. The molecule has 0 aromatic heterocycles. The van der Waals surface area contributed by atoms with E-state index in [1.54, 1.807) is 0 Å². The Balaban J connectivity index is 0.000000537. The molecule has 46 heavy (non-hydrogen) atoms. The van der Waals surface area contributed by atoms with Gasteiger partial charge in [0.25, 0.3) is 0 Å². The fraction of sp³-hybridized carbons (Fsp3) is 0.571. The van der Waals surface area contributed by atoms with Crippen LogP contribution in [0.5, 0.6) is 0 Å². The minimum atomic E-state index is -5.19. The second-order valence-corrected chi connectivity index (χ2v) is 13.2. The SMILES string of the molecule is COC(=O)Nc1cccc2c1CCC[C@]21C[NH2+]C[C@H]1C(=O)N1CC[C@@H](c2ccccc2)C[C@H]1C1CCCCC1.O=C([O-])C(F)(F)F. The van der Waals surface area contributed by atoms with Crippen LogP contribution in [0.2, 0.25) is 0 Å². The Labute approximate surface area is 268 Å². The third kappa shape index (κ3) is 7.19. The largest absolute Gasteiger partial charge is 0.542 e. The number of carboxylic acids is 1. The third-order valence-corrected chi connectivity index (χ3v) is 10.7. The van der Waals surface area contributed by atoms with Gasteiger partial charge in [0.05, 0.1) is 25.6 Å². The number of nitrogens with two attached hydrogens (primary N) is 1. The van der Waals surface area contributed by atoms with Crippen LogP contribution in [0.3, 0.4) is 0 Å². The van der Waals surface area contributed by atoms with Crippen molar-refractivity contribution in [3.05, 3.63) is 65.2 Å². The maximum absolute atomic E-state index is 14.7. The first-order chi connectivity index (χ1) is 22.0. The van der Waals surface area contributed by atoms with Crippen LogP contribution in [0.1, 0.15) is 80.4 Å². The third-order valence-electron chi connectivity index (χ3n) is 10.7. The van der Waals surface area contributed by atoms with Gasteiger partial charge in [-0.25, -0.2) is 4.79 Å². The van der Waals surface area contributed by atoms with Gasteiger partial charge in [0, 0.05) is 18.3 Å². The first kappa shape index (κ1) is 33.8. The molecule has 8 nitrogen and oxygen atoms in total. The molecular formula is C35H44F3N3O5. The predicted octanol–water partition coefficient (Wildman–Crippen LogP) is 4.29. The van der Waals surface area contributed by atoms with Gasteiger partial charge in [-0.05, 0) is 79.5 Å². The first-order valence-corrected chi connectivity index (χ1v) is 16.5. The van der Waals surface area contributed by atoms with Crippen molar-refractivity contribution in [3.8, 4) is 0 Å². The zero-order chi connectivity index (χ0) is 32.9. The molecule has 0 radical (unpaired) electrons. The Morgan fingerprint density at radius 2 is 1.72 bits per heavy atom. The Kier molecular flexibility index (Phi) is 10.6. The number of hydrogen-bond acceptors (Lipinski definition) is 5. The highest BCUT2D eigenvalue weighted by Gasteiger charge is 2.55. The van der Waals surface area contributed by atoms with Crippen LogP contribution < -0.4 is 15.7 Å². The van der Waals surface area contributed by atoms with Crippen molar-refractivity contribution >= 4 is 23.7 Å². The minimum absolute atomic E-state index is 0.0238. The summed E-state index contributed by atoms with van der Waals surface area (Å²) in [5.41, 5.74) is 4.55. The number of fused-ring (bicyclic) bond motifs is 2. The van der Waals surface area contributed by atoms with Gasteiger partial charge in [0.1, 0.15) is 11.9 Å². The number of rotatable bonds is 4. The molecule has 3 N–H and O–H groups in total. The van der Waals surface area contributed by atoms with Crippen LogP contribution >= 0.6 is 0 Å². The standard InChI is InChI=1S/C33H43N3O3.C2HF3O2/c1-39-32(38)35-29-16-8-15-27-26(29)14-9-18-33(27)22-34-21-28(33)31(37)36-19-17-25(23-10-4-2-5-11-23)20-30(36)24-12-6-3-7-13-24;3-2(4,5)1(6)7/h2,4-5,8,10-11,15-16,24-25,28,30,34H,3,6-7,9,12-14,17-22H2,1H3,(H,35,38);(H,6,7)/t25-,28+,30+,33+;/m1./s1. The lowest BCUT2D eigenvalue weighted by molar-refractivity contribution is -0.640. The number of amides is 2. The highest BCUT2D eigenvalue weighted by Crippen LogP contribution is 2.47. The van der Waals surface area contributed by atoms with Gasteiger partial charge in [-0.2, -0.15) is 13.2 Å². The summed E-state index contributed by atoms with van der Waals surface area (Å²) in [6, 6.07) is 17.5. The predicted molar refractivity (Wildman–Crippen MR) is 164 cm³/mol. The monoisotopic (exact) mass is 643 g/mol. The van der Waals surface area contributed by atoms with Crippen molar-refractivity contribution in [2.24, 2.45) is 11.8 Å². The van der Waals surface area contributed by atoms with E-state index < -0.39 is 18.2 Å². The van der Waals surface area contributed by atoms with E-state index in [-0.39, 0.29) is 11.3 Å². The smallest absolute Gasteiger partial charge is 0.430 e. The van der Waals surface area contributed by atoms with Crippen LogP contribution in [-0.2, 0) is 26.2 Å². The Morgan fingerprint density at radius 3 is 2.39 bits per heavy atom. The van der Waals surface area contributed by atoms with Crippen molar-refractivity contribution in [2.45, 2.75) is 87.8 Å². The van der Waals surface area contributed by atoms with Gasteiger partial charge in [-0.15, -0.1) is 0 Å². The number of nitrogens with one attached hydrogen (secondary N) is 1. The number of nitrogens with zero attached hydrogens (tertiary/aromatic N) is 1. The minimum Gasteiger partial charge on any atom is -0.542 e. The van der Waals surface area contributed by atoms with Crippen LogP contribution in [0.25, 0.3) is 0 Å². The lowest BCUT2D eigenvalue weighted by atomic mass is 9.63. The maximum Gasteiger partial charge on any atom is 0.430 e. The molecule has 4 aliphatic rings. The zero-order valence-electron chi connectivity index (χ0n) is 26.3. The van der Waals surface area contributed by atoms with Gasteiger partial charge >= 0.3 is 12.3 Å². The van der Waals surface area contributed by atoms with E-state index in [2.05, 4.69) is 51.9 Å². The summed E-state index contributed by atoms with van der Waals surface area (Å²) in [4.78, 5) is 37.9. The highest BCUT2D eigenvalue weighted by molar-refractivity contribution is 5.87. The molecule has 2 amide bonds. The number of anilines is 1. The molecule has 2 aliphatic heterocycles. The summed E-state index contributed by atoms with van der Waals surface area (Å²) >= 11 is 0. The highest BCUT2D eigenvalue weighted by atomic mass is 19.4. The number of quaternary nitrogens is 1. The summed E-state index contributed by atoms with van der Waals surface area (Å²) < 4.78 is 36.4. The normalized spacial score (nSPS) is 26.4. The molecule has 250 valence electrons. The number of likely N-dealkylation sites (tertiary alicyclic amines) is 1. The van der Waals surface area contributed by atoms with Crippen LogP contribution in [0.15, 0.2) is 48.5 Å². The first-order valence-electron chi connectivity index (χ1n) is 16.5. The number of piperidine rings is 1. The molecule has 2 saturated heterocycles. The number of alkyl halides is 3. The van der Waals surface area contributed by atoms with E-state index in [9.17, 15) is 22.8 Å². The van der Waals surface area contributed by atoms with Crippen molar-refractivity contribution in [1.82, 2.24) is 4.90 Å². The van der Waals surface area contributed by atoms with E-state index in [1.807, 2.05) is 12.1 Å². The Hall–Kier alpha value is -3.60. The second kappa shape index (κ2) is 14.4.